The Morgan fingerprint density at radius 2 is 2.03 bits per heavy atom. The summed E-state index contributed by atoms with van der Waals surface area (Å²) < 4.78 is 1.19. The standard InChI is InChI=1S/C22H26N4O2S/c1-22(2,3)15-9-10-16-17(11-15)29-20-19(16)21(28)26(25-24-20)13-18(27)23-12-14-7-5-4-6-8-14/h4-8,15H,9-13H2,1-3H3,(H,23,27)/t15-/m0/s1. The molecule has 29 heavy (non-hydrogen) atoms. The van der Waals surface area contributed by atoms with Gasteiger partial charge in [-0.25, -0.2) is 4.68 Å². The van der Waals surface area contributed by atoms with Gasteiger partial charge in [0.1, 0.15) is 6.54 Å². The second-order valence-electron chi connectivity index (χ2n) is 8.80. The fraction of sp³-hybridized carbons (Fsp3) is 0.455. The second-order valence-corrected chi connectivity index (χ2v) is 9.89. The first-order chi connectivity index (χ1) is 13.8. The number of aryl methyl sites for hydroxylation is 1. The van der Waals surface area contributed by atoms with Crippen molar-refractivity contribution < 1.29 is 4.79 Å². The molecule has 0 aliphatic heterocycles. The molecule has 0 unspecified atom stereocenters. The lowest BCUT2D eigenvalue weighted by Gasteiger charge is -2.33. The summed E-state index contributed by atoms with van der Waals surface area (Å²) in [5, 5.41) is 11.8. The van der Waals surface area contributed by atoms with E-state index in [1.54, 1.807) is 11.3 Å². The molecule has 1 aliphatic rings. The number of nitrogens with one attached hydrogen (secondary N) is 1. The zero-order chi connectivity index (χ0) is 20.6. The van der Waals surface area contributed by atoms with E-state index in [2.05, 4.69) is 36.4 Å². The number of nitrogens with zero attached hydrogens (tertiary/aromatic N) is 3. The molecular weight excluding hydrogens is 384 g/mol. The van der Waals surface area contributed by atoms with Crippen molar-refractivity contribution in [2.24, 2.45) is 11.3 Å². The maximum atomic E-state index is 13.0. The molecule has 0 spiro atoms. The lowest BCUT2D eigenvalue weighted by molar-refractivity contribution is -0.122. The highest BCUT2D eigenvalue weighted by Crippen LogP contribution is 2.41. The Balaban J connectivity index is 1.54. The highest BCUT2D eigenvalue weighted by Gasteiger charge is 2.32. The number of benzene rings is 1. The van der Waals surface area contributed by atoms with E-state index < -0.39 is 0 Å². The number of rotatable bonds is 4. The summed E-state index contributed by atoms with van der Waals surface area (Å²) in [6.45, 7) is 7.13. The van der Waals surface area contributed by atoms with Crippen LogP contribution in [0.4, 0.5) is 0 Å². The molecule has 3 aromatic rings. The van der Waals surface area contributed by atoms with E-state index in [4.69, 9.17) is 0 Å². The number of amides is 1. The minimum atomic E-state index is -0.249. The number of carbonyl (C=O) groups excluding carboxylic acids is 1. The van der Waals surface area contributed by atoms with E-state index in [1.807, 2.05) is 30.3 Å². The summed E-state index contributed by atoms with van der Waals surface area (Å²) in [7, 11) is 0. The first-order valence-electron chi connectivity index (χ1n) is 10.0. The van der Waals surface area contributed by atoms with Gasteiger partial charge in [0.25, 0.3) is 5.56 Å². The Hall–Kier alpha value is -2.54. The lowest BCUT2D eigenvalue weighted by atomic mass is 9.72. The predicted molar refractivity (Wildman–Crippen MR) is 115 cm³/mol. The van der Waals surface area contributed by atoms with Gasteiger partial charge >= 0.3 is 0 Å². The third-order valence-corrected chi connectivity index (χ3v) is 6.93. The van der Waals surface area contributed by atoms with E-state index in [9.17, 15) is 9.59 Å². The van der Waals surface area contributed by atoms with Crippen LogP contribution in [0.2, 0.25) is 0 Å². The Bertz CT molecular complexity index is 1100. The first-order valence-corrected chi connectivity index (χ1v) is 10.8. The van der Waals surface area contributed by atoms with Gasteiger partial charge in [-0.15, -0.1) is 16.4 Å². The average molecular weight is 411 g/mol. The highest BCUT2D eigenvalue weighted by atomic mass is 32.1. The van der Waals surface area contributed by atoms with E-state index in [1.165, 1.54) is 9.56 Å². The van der Waals surface area contributed by atoms with Crippen LogP contribution < -0.4 is 10.9 Å². The summed E-state index contributed by atoms with van der Waals surface area (Å²) in [4.78, 5) is 27.3. The minimum absolute atomic E-state index is 0.121. The smallest absolute Gasteiger partial charge is 0.279 e. The maximum Gasteiger partial charge on any atom is 0.279 e. The molecule has 1 aliphatic carbocycles. The molecule has 2 aromatic heterocycles. The van der Waals surface area contributed by atoms with Crippen molar-refractivity contribution in [2.45, 2.75) is 53.1 Å². The van der Waals surface area contributed by atoms with Gasteiger partial charge in [-0.1, -0.05) is 56.3 Å². The molecule has 2 heterocycles. The van der Waals surface area contributed by atoms with Crippen LogP contribution in [0.15, 0.2) is 35.1 Å². The van der Waals surface area contributed by atoms with Crippen LogP contribution >= 0.6 is 11.3 Å². The molecule has 1 aromatic carbocycles. The van der Waals surface area contributed by atoms with E-state index in [0.717, 1.165) is 30.4 Å². The third kappa shape index (κ3) is 4.10. The summed E-state index contributed by atoms with van der Waals surface area (Å²) in [5.41, 5.74) is 2.16. The van der Waals surface area contributed by atoms with Crippen molar-refractivity contribution in [2.75, 3.05) is 0 Å². The molecule has 0 fully saturated rings. The van der Waals surface area contributed by atoms with E-state index in [-0.39, 0.29) is 23.4 Å². The number of carbonyl (C=O) groups is 1. The molecule has 1 N–H and O–H groups in total. The molecule has 0 radical (unpaired) electrons. The zero-order valence-corrected chi connectivity index (χ0v) is 17.9. The van der Waals surface area contributed by atoms with Gasteiger partial charge in [0.2, 0.25) is 5.91 Å². The van der Waals surface area contributed by atoms with Crippen molar-refractivity contribution >= 4 is 27.5 Å². The fourth-order valence-corrected chi connectivity index (χ4v) is 5.19. The molecule has 0 saturated heterocycles. The molecule has 0 saturated carbocycles. The van der Waals surface area contributed by atoms with Crippen molar-refractivity contribution in [3.8, 4) is 0 Å². The Morgan fingerprint density at radius 1 is 1.28 bits per heavy atom. The van der Waals surface area contributed by atoms with Gasteiger partial charge in [-0.3, -0.25) is 9.59 Å². The quantitative estimate of drug-likeness (QED) is 0.716. The average Bonchev–Trinajstić information content (AvgIpc) is 3.07. The summed E-state index contributed by atoms with van der Waals surface area (Å²) in [6, 6.07) is 9.67. The maximum absolute atomic E-state index is 13.0. The Morgan fingerprint density at radius 3 is 2.76 bits per heavy atom. The summed E-state index contributed by atoms with van der Waals surface area (Å²) in [6.07, 6.45) is 2.94. The number of aromatic nitrogens is 3. The molecule has 1 atom stereocenters. The van der Waals surface area contributed by atoms with Gasteiger partial charge in [0.15, 0.2) is 4.83 Å². The van der Waals surface area contributed by atoms with Crippen LogP contribution in [0.5, 0.6) is 0 Å². The Labute approximate surface area is 173 Å². The molecule has 7 heteroatoms. The monoisotopic (exact) mass is 410 g/mol. The number of hydrogen-bond donors (Lipinski definition) is 1. The van der Waals surface area contributed by atoms with Crippen LogP contribution in [0.3, 0.4) is 0 Å². The van der Waals surface area contributed by atoms with Crippen molar-refractivity contribution in [1.29, 1.82) is 0 Å². The number of hydrogen-bond acceptors (Lipinski definition) is 5. The van der Waals surface area contributed by atoms with E-state index in [0.29, 0.717) is 22.7 Å². The van der Waals surface area contributed by atoms with Crippen LogP contribution in [0.25, 0.3) is 10.2 Å². The summed E-state index contributed by atoms with van der Waals surface area (Å²) in [5.74, 6) is 0.350. The Kier molecular flexibility index (Phi) is 5.25. The second kappa shape index (κ2) is 7.71. The molecule has 4 rings (SSSR count). The van der Waals surface area contributed by atoms with Gasteiger partial charge in [0.05, 0.1) is 5.39 Å². The SMILES string of the molecule is CC(C)(C)[C@H]1CCc2c(sc3nnn(CC(=O)NCc4ccccc4)c(=O)c23)C1. The molecule has 6 nitrogen and oxygen atoms in total. The highest BCUT2D eigenvalue weighted by molar-refractivity contribution is 7.18. The third-order valence-electron chi connectivity index (χ3n) is 5.79. The van der Waals surface area contributed by atoms with E-state index >= 15 is 0 Å². The van der Waals surface area contributed by atoms with Crippen LogP contribution in [0, 0.1) is 11.3 Å². The topological polar surface area (TPSA) is 76.9 Å². The minimum Gasteiger partial charge on any atom is -0.350 e. The molecular formula is C22H26N4O2S. The van der Waals surface area contributed by atoms with Crippen LogP contribution in [-0.2, 0) is 30.7 Å². The van der Waals surface area contributed by atoms with Crippen molar-refractivity contribution in [1.82, 2.24) is 20.3 Å². The van der Waals surface area contributed by atoms with Gasteiger partial charge < -0.3 is 5.32 Å². The van der Waals surface area contributed by atoms with Crippen LogP contribution in [-0.4, -0.2) is 20.9 Å². The van der Waals surface area contributed by atoms with Crippen molar-refractivity contribution in [3.63, 3.8) is 0 Å². The first kappa shape index (κ1) is 19.8. The largest absolute Gasteiger partial charge is 0.350 e. The zero-order valence-electron chi connectivity index (χ0n) is 17.1. The number of thiophene rings is 1. The van der Waals surface area contributed by atoms with Gasteiger partial charge in [0, 0.05) is 11.4 Å². The normalized spacial score (nSPS) is 16.6. The summed E-state index contributed by atoms with van der Waals surface area (Å²) >= 11 is 1.58. The predicted octanol–water partition coefficient (Wildman–Crippen LogP) is 3.32. The van der Waals surface area contributed by atoms with Crippen LogP contribution in [0.1, 0.15) is 43.2 Å². The van der Waals surface area contributed by atoms with Gasteiger partial charge in [-0.2, -0.15) is 0 Å². The van der Waals surface area contributed by atoms with Gasteiger partial charge in [-0.05, 0) is 41.7 Å². The molecule has 152 valence electrons. The lowest BCUT2D eigenvalue weighted by Crippen LogP contribution is -2.34. The molecule has 1 amide bonds. The van der Waals surface area contributed by atoms with Crippen molar-refractivity contribution in [3.05, 3.63) is 56.7 Å². The molecule has 0 bridgehead atoms. The number of fused-ring (bicyclic) bond motifs is 3. The fourth-order valence-electron chi connectivity index (χ4n) is 3.96.